The van der Waals surface area contributed by atoms with E-state index in [0.29, 0.717) is 27.9 Å². The molecule has 10 nitrogen and oxygen atoms in total. The molecule has 3 aliphatic rings. The number of likely N-dealkylation sites (tertiary alicyclic amines) is 1. The summed E-state index contributed by atoms with van der Waals surface area (Å²) in [7, 11) is 0. The number of anilines is 1. The molecule has 0 bridgehead atoms. The molecule has 3 fully saturated rings. The van der Waals surface area contributed by atoms with Crippen molar-refractivity contribution in [2.75, 3.05) is 57.3 Å². The number of carbonyl (C=O) groups is 2. The van der Waals surface area contributed by atoms with Crippen molar-refractivity contribution in [1.82, 2.24) is 20.1 Å². The van der Waals surface area contributed by atoms with Gasteiger partial charge >= 0.3 is 5.97 Å². The Hall–Kier alpha value is -3.39. The van der Waals surface area contributed by atoms with E-state index in [-0.39, 0.29) is 35.4 Å². The van der Waals surface area contributed by atoms with Gasteiger partial charge in [0.05, 0.1) is 23.7 Å². The predicted octanol–water partition coefficient (Wildman–Crippen LogP) is 4.82. The van der Waals surface area contributed by atoms with Gasteiger partial charge in [0.2, 0.25) is 5.69 Å². The molecular weight excluding hydrogens is 580 g/mol. The molecular formula is C33H43ClN6O4. The number of carbonyl (C=O) groups excluding carboxylic acids is 1. The Kier molecular flexibility index (Phi) is 9.40. The van der Waals surface area contributed by atoms with Gasteiger partial charge in [0.1, 0.15) is 17.7 Å². The number of halogens is 1. The third-order valence-electron chi connectivity index (χ3n) is 9.70. The van der Waals surface area contributed by atoms with E-state index >= 15 is 0 Å². The molecule has 2 aliphatic heterocycles. The van der Waals surface area contributed by atoms with Gasteiger partial charge in [-0.15, -0.1) is 0 Å². The van der Waals surface area contributed by atoms with Crippen molar-refractivity contribution in [2.45, 2.75) is 52.7 Å². The van der Waals surface area contributed by atoms with Crippen LogP contribution in [-0.4, -0.2) is 96.3 Å². The van der Waals surface area contributed by atoms with Crippen LogP contribution in [0.1, 0.15) is 50.9 Å². The standard InChI is InChI=1S/C33H43ClN6O4/c1-32(2)30(33(3,4)31(32)44-24-7-8-26(35-5)25(34)18-24)37-29(43)23-6-9-27(36-19-23)40-16-14-39(15-17-40)20-22-10-12-38(13-11-22)21-28(41)42/h6-9,18-19,22,30-31H,10-17,20-21H2,1-4H3,(H,37,43)(H,41,42). The number of carboxylic acids is 1. The number of amides is 1. The molecule has 44 heavy (non-hydrogen) atoms. The number of rotatable bonds is 9. The maximum atomic E-state index is 13.3. The molecule has 2 saturated heterocycles. The second-order valence-electron chi connectivity index (χ2n) is 13.6. The van der Waals surface area contributed by atoms with Crippen molar-refractivity contribution < 1.29 is 19.4 Å². The van der Waals surface area contributed by atoms with E-state index in [4.69, 9.17) is 28.0 Å². The van der Waals surface area contributed by atoms with Gasteiger partial charge in [-0.05, 0) is 56.1 Å². The summed E-state index contributed by atoms with van der Waals surface area (Å²) in [4.78, 5) is 39.1. The quantitative estimate of drug-likeness (QED) is 0.384. The van der Waals surface area contributed by atoms with Crippen molar-refractivity contribution in [3.05, 3.63) is 58.5 Å². The van der Waals surface area contributed by atoms with Gasteiger partial charge in [-0.25, -0.2) is 9.83 Å². The number of nitrogens with zero attached hydrogens (tertiary/aromatic N) is 5. The van der Waals surface area contributed by atoms with Crippen molar-refractivity contribution in [3.63, 3.8) is 0 Å². The van der Waals surface area contributed by atoms with Crippen LogP contribution in [0.3, 0.4) is 0 Å². The Morgan fingerprint density at radius 2 is 1.73 bits per heavy atom. The first-order valence-corrected chi connectivity index (χ1v) is 15.8. The first-order valence-electron chi connectivity index (χ1n) is 15.4. The van der Waals surface area contributed by atoms with Crippen LogP contribution in [0, 0.1) is 23.3 Å². The smallest absolute Gasteiger partial charge is 0.317 e. The predicted molar refractivity (Wildman–Crippen MR) is 171 cm³/mol. The number of nitrogens with one attached hydrogen (secondary N) is 1. The molecule has 0 radical (unpaired) electrons. The van der Waals surface area contributed by atoms with Crippen molar-refractivity contribution in [1.29, 1.82) is 0 Å². The molecule has 1 saturated carbocycles. The minimum Gasteiger partial charge on any atom is -0.489 e. The van der Waals surface area contributed by atoms with Crippen molar-refractivity contribution in [3.8, 4) is 5.75 Å². The number of aromatic nitrogens is 1. The second kappa shape index (κ2) is 12.9. The molecule has 1 amide bonds. The van der Waals surface area contributed by atoms with E-state index < -0.39 is 5.97 Å². The molecule has 2 aromatic rings. The SMILES string of the molecule is [C-]#[N+]c1ccc(OC2C(C)(C)C(NC(=O)c3ccc(N4CCN(CC5CCN(CC(=O)O)CC5)CC4)nc3)C2(C)C)cc1Cl. The van der Waals surface area contributed by atoms with Gasteiger partial charge in [0.15, 0.2) is 0 Å². The highest BCUT2D eigenvalue weighted by molar-refractivity contribution is 6.33. The fourth-order valence-corrected chi connectivity index (χ4v) is 7.77. The summed E-state index contributed by atoms with van der Waals surface area (Å²) < 4.78 is 6.35. The summed E-state index contributed by atoms with van der Waals surface area (Å²) in [6, 6.07) is 8.76. The highest BCUT2D eigenvalue weighted by atomic mass is 35.5. The van der Waals surface area contributed by atoms with Gasteiger partial charge in [-0.2, -0.15) is 0 Å². The average Bonchev–Trinajstić information content (AvgIpc) is 2.99. The lowest BCUT2D eigenvalue weighted by atomic mass is 9.49. The summed E-state index contributed by atoms with van der Waals surface area (Å²) in [6.07, 6.45) is 3.59. The maximum Gasteiger partial charge on any atom is 0.317 e. The average molecular weight is 623 g/mol. The minimum absolute atomic E-state index is 0.123. The van der Waals surface area contributed by atoms with Gasteiger partial charge < -0.3 is 20.1 Å². The molecule has 1 aliphatic carbocycles. The first-order chi connectivity index (χ1) is 20.9. The van der Waals surface area contributed by atoms with Gasteiger partial charge in [-0.1, -0.05) is 45.4 Å². The lowest BCUT2D eigenvalue weighted by Gasteiger charge is -2.63. The minimum atomic E-state index is -0.749. The van der Waals surface area contributed by atoms with E-state index in [1.165, 1.54) is 0 Å². The van der Waals surface area contributed by atoms with Crippen LogP contribution in [0.2, 0.25) is 5.02 Å². The Morgan fingerprint density at radius 3 is 2.30 bits per heavy atom. The lowest BCUT2D eigenvalue weighted by Crippen LogP contribution is -2.74. The zero-order valence-electron chi connectivity index (χ0n) is 26.1. The van der Waals surface area contributed by atoms with Crippen LogP contribution in [-0.2, 0) is 4.79 Å². The molecule has 11 heteroatoms. The number of aliphatic carboxylic acids is 1. The molecule has 1 aromatic heterocycles. The summed E-state index contributed by atoms with van der Waals surface area (Å²) in [6.45, 7) is 22.2. The number of pyridine rings is 1. The van der Waals surface area contributed by atoms with E-state index in [0.717, 1.165) is 64.5 Å². The number of carboxylic acid groups (broad SMARTS) is 1. The second-order valence-corrected chi connectivity index (χ2v) is 14.0. The van der Waals surface area contributed by atoms with Crippen LogP contribution in [0.4, 0.5) is 11.5 Å². The fraction of sp³-hybridized carbons (Fsp3) is 0.576. The zero-order valence-corrected chi connectivity index (χ0v) is 26.8. The van der Waals surface area contributed by atoms with Crippen LogP contribution in [0.15, 0.2) is 36.5 Å². The highest BCUT2D eigenvalue weighted by Crippen LogP contribution is 2.55. The van der Waals surface area contributed by atoms with Crippen molar-refractivity contribution >= 4 is 35.0 Å². The topological polar surface area (TPSA) is 103 Å². The molecule has 3 heterocycles. The normalized spacial score (nSPS) is 23.8. The summed E-state index contributed by atoms with van der Waals surface area (Å²) in [5, 5.41) is 12.6. The molecule has 0 unspecified atom stereocenters. The van der Waals surface area contributed by atoms with E-state index in [1.807, 2.05) is 17.0 Å². The number of benzene rings is 1. The molecule has 1 aromatic carbocycles. The summed E-state index contributed by atoms with van der Waals surface area (Å²) in [5.74, 6) is 1.20. The third-order valence-corrected chi connectivity index (χ3v) is 10.00. The Labute approximate surface area is 265 Å². The molecule has 2 N–H and O–H groups in total. The largest absolute Gasteiger partial charge is 0.489 e. The van der Waals surface area contributed by atoms with Gasteiger partial charge in [0.25, 0.3) is 5.91 Å². The Morgan fingerprint density at radius 1 is 1.05 bits per heavy atom. The van der Waals surface area contributed by atoms with Crippen LogP contribution in [0.5, 0.6) is 5.75 Å². The highest BCUT2D eigenvalue weighted by Gasteiger charge is 2.64. The summed E-state index contributed by atoms with van der Waals surface area (Å²) >= 11 is 6.22. The molecule has 0 atom stereocenters. The van der Waals surface area contributed by atoms with E-state index in [9.17, 15) is 9.59 Å². The fourth-order valence-electron chi connectivity index (χ4n) is 7.55. The summed E-state index contributed by atoms with van der Waals surface area (Å²) in [5.41, 5.74) is 0.236. The van der Waals surface area contributed by atoms with E-state index in [2.05, 4.69) is 52.6 Å². The molecule has 0 spiro atoms. The van der Waals surface area contributed by atoms with Crippen LogP contribution < -0.4 is 15.0 Å². The van der Waals surface area contributed by atoms with E-state index in [1.54, 1.807) is 24.4 Å². The van der Waals surface area contributed by atoms with Crippen LogP contribution in [0.25, 0.3) is 4.85 Å². The number of hydrogen-bond donors (Lipinski definition) is 2. The van der Waals surface area contributed by atoms with Gasteiger partial charge in [0, 0.05) is 55.8 Å². The number of piperazine rings is 1. The molecule has 236 valence electrons. The Bertz CT molecular complexity index is 1380. The maximum absolute atomic E-state index is 13.3. The third kappa shape index (κ3) is 6.80. The zero-order chi connectivity index (χ0) is 31.6. The van der Waals surface area contributed by atoms with Crippen LogP contribution >= 0.6 is 11.6 Å². The molecule has 5 rings (SSSR count). The number of hydrogen-bond acceptors (Lipinski definition) is 7. The first kappa shape index (κ1) is 32.0. The monoisotopic (exact) mass is 622 g/mol. The Balaban J connectivity index is 1.10. The number of ether oxygens (including phenoxy) is 1. The lowest BCUT2D eigenvalue weighted by molar-refractivity contribution is -0.164. The van der Waals surface area contributed by atoms with Crippen molar-refractivity contribution in [2.24, 2.45) is 16.7 Å². The number of piperidine rings is 1. The van der Waals surface area contributed by atoms with Gasteiger partial charge in [-0.3, -0.25) is 19.4 Å².